The molecule has 2 aliphatic rings. The normalized spacial score (nSPS) is 23.5. The van der Waals surface area contributed by atoms with E-state index in [0.29, 0.717) is 25.2 Å². The first-order valence-electron chi connectivity index (χ1n) is 7.83. The lowest BCUT2D eigenvalue weighted by Crippen LogP contribution is -2.31. The highest BCUT2D eigenvalue weighted by atomic mass is 19.2. The summed E-state index contributed by atoms with van der Waals surface area (Å²) in [5, 5.41) is 0. The highest BCUT2D eigenvalue weighted by Crippen LogP contribution is 2.42. The molecule has 0 aliphatic carbocycles. The number of nitrogens with zero attached hydrogens (tertiary/aromatic N) is 4. The first-order valence-corrected chi connectivity index (χ1v) is 7.83. The van der Waals surface area contributed by atoms with Crippen LogP contribution in [0.2, 0.25) is 0 Å². The van der Waals surface area contributed by atoms with Crippen molar-refractivity contribution in [3.63, 3.8) is 0 Å². The summed E-state index contributed by atoms with van der Waals surface area (Å²) in [5.74, 6) is -1.10. The number of halogens is 2. The van der Waals surface area contributed by atoms with E-state index in [4.69, 9.17) is 0 Å². The first-order chi connectivity index (χ1) is 11.6. The Balaban J connectivity index is 1.55. The minimum atomic E-state index is -0.936. The maximum Gasteiger partial charge on any atom is 0.227 e. The standard InChI is InChI=1S/C17H16F2N4O/c18-13-2-1-12(7-14(13)19)23-11-17(8-16(23)24)3-6-22(10-17)15-9-20-4-5-21-15/h1-2,4-5,7,9H,3,6,8,10-11H2/t17-/m1/s1. The molecule has 1 aromatic heterocycles. The molecule has 2 saturated heterocycles. The van der Waals surface area contributed by atoms with Gasteiger partial charge in [0, 0.05) is 55.6 Å². The molecule has 4 rings (SSSR count). The van der Waals surface area contributed by atoms with Gasteiger partial charge in [0.25, 0.3) is 0 Å². The summed E-state index contributed by atoms with van der Waals surface area (Å²) in [6.45, 7) is 2.02. The second-order valence-electron chi connectivity index (χ2n) is 6.49. The Kier molecular flexibility index (Phi) is 3.44. The summed E-state index contributed by atoms with van der Waals surface area (Å²) in [7, 11) is 0. The molecule has 0 unspecified atom stereocenters. The summed E-state index contributed by atoms with van der Waals surface area (Å²) in [6, 6.07) is 3.59. The number of rotatable bonds is 2. The van der Waals surface area contributed by atoms with E-state index in [1.165, 1.54) is 6.07 Å². The lowest BCUT2D eigenvalue weighted by molar-refractivity contribution is -0.117. The van der Waals surface area contributed by atoms with Crippen LogP contribution in [0.15, 0.2) is 36.8 Å². The summed E-state index contributed by atoms with van der Waals surface area (Å²) in [4.78, 5) is 24.5. The van der Waals surface area contributed by atoms with E-state index in [-0.39, 0.29) is 11.3 Å². The quantitative estimate of drug-likeness (QED) is 0.848. The van der Waals surface area contributed by atoms with Crippen LogP contribution in [-0.4, -0.2) is 35.5 Å². The maximum absolute atomic E-state index is 13.5. The van der Waals surface area contributed by atoms with Gasteiger partial charge in [-0.2, -0.15) is 0 Å². The molecule has 2 fully saturated rings. The SMILES string of the molecule is O=C1C[C@@]2(CCN(c3cnccn3)C2)CN1c1ccc(F)c(F)c1. The fourth-order valence-corrected chi connectivity index (χ4v) is 3.64. The summed E-state index contributed by atoms with van der Waals surface area (Å²) in [5.41, 5.74) is 0.230. The van der Waals surface area contributed by atoms with Crippen LogP contribution in [0, 0.1) is 17.0 Å². The summed E-state index contributed by atoms with van der Waals surface area (Å²) < 4.78 is 26.6. The molecule has 3 heterocycles. The van der Waals surface area contributed by atoms with E-state index >= 15 is 0 Å². The molecule has 5 nitrogen and oxygen atoms in total. The Hall–Kier alpha value is -2.57. The smallest absolute Gasteiger partial charge is 0.227 e. The third-order valence-corrected chi connectivity index (χ3v) is 4.85. The van der Waals surface area contributed by atoms with E-state index in [0.717, 1.165) is 30.9 Å². The van der Waals surface area contributed by atoms with Gasteiger partial charge in [-0.05, 0) is 18.6 Å². The van der Waals surface area contributed by atoms with Crippen molar-refractivity contribution in [3.05, 3.63) is 48.4 Å². The van der Waals surface area contributed by atoms with E-state index < -0.39 is 11.6 Å². The third kappa shape index (κ3) is 2.50. The molecule has 1 aromatic carbocycles. The Bertz CT molecular complexity index is 785. The number of carbonyl (C=O) groups is 1. The summed E-state index contributed by atoms with van der Waals surface area (Å²) >= 11 is 0. The molecule has 24 heavy (non-hydrogen) atoms. The number of anilines is 2. The average molecular weight is 330 g/mol. The van der Waals surface area contributed by atoms with Crippen molar-refractivity contribution in [2.45, 2.75) is 12.8 Å². The zero-order valence-electron chi connectivity index (χ0n) is 13.0. The zero-order chi connectivity index (χ0) is 16.7. The Labute approximate surface area is 137 Å². The largest absolute Gasteiger partial charge is 0.355 e. The second-order valence-corrected chi connectivity index (χ2v) is 6.49. The minimum Gasteiger partial charge on any atom is -0.355 e. The Morgan fingerprint density at radius 1 is 1.12 bits per heavy atom. The predicted octanol–water partition coefficient (Wildman–Crippen LogP) is 2.39. The van der Waals surface area contributed by atoms with E-state index in [1.54, 1.807) is 23.5 Å². The highest BCUT2D eigenvalue weighted by molar-refractivity contribution is 5.96. The van der Waals surface area contributed by atoms with Gasteiger partial charge in [-0.3, -0.25) is 9.78 Å². The van der Waals surface area contributed by atoms with Crippen molar-refractivity contribution in [1.82, 2.24) is 9.97 Å². The van der Waals surface area contributed by atoms with Gasteiger partial charge in [-0.25, -0.2) is 13.8 Å². The van der Waals surface area contributed by atoms with Crippen LogP contribution in [0.4, 0.5) is 20.3 Å². The second kappa shape index (κ2) is 5.51. The van der Waals surface area contributed by atoms with E-state index in [2.05, 4.69) is 14.9 Å². The summed E-state index contributed by atoms with van der Waals surface area (Å²) in [6.07, 6.45) is 6.24. The van der Waals surface area contributed by atoms with Crippen LogP contribution in [0.1, 0.15) is 12.8 Å². The zero-order valence-corrected chi connectivity index (χ0v) is 13.0. The molecule has 0 bridgehead atoms. The van der Waals surface area contributed by atoms with Gasteiger partial charge >= 0.3 is 0 Å². The fraction of sp³-hybridized carbons (Fsp3) is 0.353. The number of aromatic nitrogens is 2. The van der Waals surface area contributed by atoms with Gasteiger partial charge in [-0.1, -0.05) is 0 Å². The van der Waals surface area contributed by atoms with Crippen LogP contribution in [0.5, 0.6) is 0 Å². The van der Waals surface area contributed by atoms with Crippen molar-refractivity contribution in [2.24, 2.45) is 5.41 Å². The molecular formula is C17H16F2N4O. The van der Waals surface area contributed by atoms with Crippen molar-refractivity contribution < 1.29 is 13.6 Å². The van der Waals surface area contributed by atoms with Gasteiger partial charge < -0.3 is 9.80 Å². The van der Waals surface area contributed by atoms with Crippen molar-refractivity contribution in [1.29, 1.82) is 0 Å². The lowest BCUT2D eigenvalue weighted by atomic mass is 9.86. The molecule has 2 aliphatic heterocycles. The molecular weight excluding hydrogens is 314 g/mol. The van der Waals surface area contributed by atoms with Gasteiger partial charge in [0.2, 0.25) is 5.91 Å². The molecule has 1 amide bonds. The highest BCUT2D eigenvalue weighted by Gasteiger charge is 2.48. The van der Waals surface area contributed by atoms with Crippen LogP contribution in [0.25, 0.3) is 0 Å². The van der Waals surface area contributed by atoms with Crippen LogP contribution < -0.4 is 9.80 Å². The maximum atomic E-state index is 13.5. The van der Waals surface area contributed by atoms with Gasteiger partial charge in [0.1, 0.15) is 5.82 Å². The van der Waals surface area contributed by atoms with Crippen LogP contribution >= 0.6 is 0 Å². The van der Waals surface area contributed by atoms with Gasteiger partial charge in [-0.15, -0.1) is 0 Å². The number of hydrogen-bond donors (Lipinski definition) is 0. The molecule has 1 spiro atoms. The van der Waals surface area contributed by atoms with Gasteiger partial charge in [0.05, 0.1) is 6.20 Å². The molecule has 7 heteroatoms. The molecule has 0 N–H and O–H groups in total. The predicted molar refractivity (Wildman–Crippen MR) is 84.6 cm³/mol. The van der Waals surface area contributed by atoms with Crippen molar-refractivity contribution in [2.75, 3.05) is 29.4 Å². The van der Waals surface area contributed by atoms with E-state index in [9.17, 15) is 13.6 Å². The number of benzene rings is 1. The number of carbonyl (C=O) groups excluding carboxylic acids is 1. The lowest BCUT2D eigenvalue weighted by Gasteiger charge is -2.24. The monoisotopic (exact) mass is 330 g/mol. The van der Waals surface area contributed by atoms with Crippen molar-refractivity contribution in [3.8, 4) is 0 Å². The topological polar surface area (TPSA) is 49.3 Å². The molecule has 0 radical (unpaired) electrons. The molecule has 2 aromatic rings. The Morgan fingerprint density at radius 3 is 2.75 bits per heavy atom. The average Bonchev–Trinajstić information content (AvgIpc) is 3.14. The molecule has 124 valence electrons. The van der Waals surface area contributed by atoms with Gasteiger partial charge in [0.15, 0.2) is 11.6 Å². The minimum absolute atomic E-state index is 0.0537. The molecule has 1 atom stereocenters. The Morgan fingerprint density at radius 2 is 2.00 bits per heavy atom. The van der Waals surface area contributed by atoms with Crippen LogP contribution in [-0.2, 0) is 4.79 Å². The fourth-order valence-electron chi connectivity index (χ4n) is 3.64. The number of amides is 1. The first kappa shape index (κ1) is 15.0. The number of hydrogen-bond acceptors (Lipinski definition) is 4. The van der Waals surface area contributed by atoms with E-state index in [1.807, 2.05) is 0 Å². The third-order valence-electron chi connectivity index (χ3n) is 4.85. The van der Waals surface area contributed by atoms with Crippen molar-refractivity contribution >= 4 is 17.4 Å². The van der Waals surface area contributed by atoms with Crippen LogP contribution in [0.3, 0.4) is 0 Å². The molecule has 0 saturated carbocycles.